The molecule has 0 bridgehead atoms. The van der Waals surface area contributed by atoms with Crippen molar-refractivity contribution >= 4 is 12.3 Å². The number of carbonyl (C=O) groups excluding carboxylic acids is 2. The Balaban J connectivity index is 2.15. The summed E-state index contributed by atoms with van der Waals surface area (Å²) in [6.45, 7) is 1.43. The SMILES string of the molecule is CC(=O)Oc1ccc(CO)cc1OCc1ccc(C=O)cc1. The lowest BCUT2D eigenvalue weighted by Gasteiger charge is -2.12. The highest BCUT2D eigenvalue weighted by Crippen LogP contribution is 2.29. The van der Waals surface area contributed by atoms with Crippen molar-refractivity contribution in [3.05, 3.63) is 59.2 Å². The Morgan fingerprint density at radius 3 is 2.36 bits per heavy atom. The standard InChI is InChI=1S/C17H16O5/c1-12(20)22-16-7-6-15(10-19)8-17(16)21-11-14-4-2-13(9-18)3-5-14/h2-9,19H,10-11H2,1H3. The molecule has 0 heterocycles. The van der Waals surface area contributed by atoms with Crippen molar-refractivity contribution < 1.29 is 24.2 Å². The van der Waals surface area contributed by atoms with E-state index in [1.807, 2.05) is 0 Å². The number of aliphatic hydroxyl groups excluding tert-OH is 1. The third-order valence-electron chi connectivity index (χ3n) is 2.95. The molecule has 0 amide bonds. The molecule has 114 valence electrons. The van der Waals surface area contributed by atoms with E-state index in [-0.39, 0.29) is 13.2 Å². The molecule has 0 aromatic heterocycles. The summed E-state index contributed by atoms with van der Waals surface area (Å²) in [5.74, 6) is 0.229. The summed E-state index contributed by atoms with van der Waals surface area (Å²) >= 11 is 0. The van der Waals surface area contributed by atoms with Crippen LogP contribution >= 0.6 is 0 Å². The number of aldehydes is 1. The van der Waals surface area contributed by atoms with Gasteiger partial charge in [0, 0.05) is 12.5 Å². The second kappa shape index (κ2) is 7.38. The normalized spacial score (nSPS) is 10.1. The quantitative estimate of drug-likeness (QED) is 0.504. The summed E-state index contributed by atoms with van der Waals surface area (Å²) in [4.78, 5) is 21.7. The van der Waals surface area contributed by atoms with Gasteiger partial charge in [0.05, 0.1) is 6.61 Å². The highest BCUT2D eigenvalue weighted by atomic mass is 16.6. The van der Waals surface area contributed by atoms with Crippen LogP contribution in [-0.4, -0.2) is 17.4 Å². The molecule has 2 aromatic carbocycles. The van der Waals surface area contributed by atoms with Crippen LogP contribution in [0.3, 0.4) is 0 Å². The molecular weight excluding hydrogens is 284 g/mol. The fourth-order valence-corrected chi connectivity index (χ4v) is 1.86. The molecule has 0 unspecified atom stereocenters. The van der Waals surface area contributed by atoms with E-state index in [0.29, 0.717) is 22.6 Å². The molecule has 0 spiro atoms. The van der Waals surface area contributed by atoms with Crippen molar-refractivity contribution in [1.82, 2.24) is 0 Å². The van der Waals surface area contributed by atoms with Gasteiger partial charge in [-0.2, -0.15) is 0 Å². The molecule has 2 rings (SSSR count). The van der Waals surface area contributed by atoms with Crippen LogP contribution in [0, 0.1) is 0 Å². The lowest BCUT2D eigenvalue weighted by atomic mass is 10.1. The van der Waals surface area contributed by atoms with Crippen molar-refractivity contribution in [2.24, 2.45) is 0 Å². The van der Waals surface area contributed by atoms with Crippen LogP contribution in [0.5, 0.6) is 11.5 Å². The maximum absolute atomic E-state index is 11.1. The molecule has 0 radical (unpaired) electrons. The highest BCUT2D eigenvalue weighted by Gasteiger charge is 2.09. The summed E-state index contributed by atoms with van der Waals surface area (Å²) < 4.78 is 10.7. The van der Waals surface area contributed by atoms with E-state index in [1.165, 1.54) is 6.92 Å². The van der Waals surface area contributed by atoms with Gasteiger partial charge in [-0.25, -0.2) is 0 Å². The molecule has 0 saturated carbocycles. The van der Waals surface area contributed by atoms with Gasteiger partial charge >= 0.3 is 5.97 Å². The molecule has 0 fully saturated rings. The minimum Gasteiger partial charge on any atom is -0.485 e. The van der Waals surface area contributed by atoms with Crippen LogP contribution in [0.25, 0.3) is 0 Å². The van der Waals surface area contributed by atoms with Gasteiger partial charge in [0.25, 0.3) is 0 Å². The molecule has 5 heteroatoms. The number of benzene rings is 2. The molecule has 0 atom stereocenters. The fraction of sp³-hybridized carbons (Fsp3) is 0.176. The molecule has 2 aromatic rings. The lowest BCUT2D eigenvalue weighted by molar-refractivity contribution is -0.132. The molecule has 1 N–H and O–H groups in total. The second-order valence-electron chi connectivity index (χ2n) is 4.68. The first-order valence-corrected chi connectivity index (χ1v) is 6.71. The Morgan fingerprint density at radius 2 is 1.77 bits per heavy atom. The molecule has 5 nitrogen and oxygen atoms in total. The first-order chi connectivity index (χ1) is 10.6. The van der Waals surface area contributed by atoms with Gasteiger partial charge < -0.3 is 14.6 Å². The maximum atomic E-state index is 11.1. The number of aliphatic hydroxyl groups is 1. The molecule has 0 aliphatic carbocycles. The van der Waals surface area contributed by atoms with Gasteiger partial charge in [0.2, 0.25) is 0 Å². The zero-order valence-corrected chi connectivity index (χ0v) is 12.1. The van der Waals surface area contributed by atoms with Crippen LogP contribution in [-0.2, 0) is 18.0 Å². The van der Waals surface area contributed by atoms with Gasteiger partial charge in [-0.15, -0.1) is 0 Å². The van der Waals surface area contributed by atoms with Crippen molar-refractivity contribution in [2.45, 2.75) is 20.1 Å². The highest BCUT2D eigenvalue weighted by molar-refractivity contribution is 5.74. The monoisotopic (exact) mass is 300 g/mol. The minimum absolute atomic E-state index is 0.134. The van der Waals surface area contributed by atoms with E-state index in [4.69, 9.17) is 9.47 Å². The predicted octanol–water partition coefficient (Wildman–Crippen LogP) is 2.50. The smallest absolute Gasteiger partial charge is 0.308 e. The largest absolute Gasteiger partial charge is 0.485 e. The van der Waals surface area contributed by atoms with E-state index in [1.54, 1.807) is 42.5 Å². The Labute approximate surface area is 128 Å². The molecule has 0 aliphatic heterocycles. The zero-order chi connectivity index (χ0) is 15.9. The Kier molecular flexibility index (Phi) is 5.27. The van der Waals surface area contributed by atoms with Crippen molar-refractivity contribution in [3.8, 4) is 11.5 Å². The maximum Gasteiger partial charge on any atom is 0.308 e. The first-order valence-electron chi connectivity index (χ1n) is 6.71. The number of hydrogen-bond donors (Lipinski definition) is 1. The Bertz CT molecular complexity index is 661. The first kappa shape index (κ1) is 15.7. The van der Waals surface area contributed by atoms with Crippen LogP contribution in [0.15, 0.2) is 42.5 Å². The zero-order valence-electron chi connectivity index (χ0n) is 12.1. The summed E-state index contributed by atoms with van der Waals surface area (Å²) in [5, 5.41) is 9.18. The molecule has 0 aliphatic rings. The van der Waals surface area contributed by atoms with Crippen LogP contribution in [0.1, 0.15) is 28.4 Å². The van der Waals surface area contributed by atoms with Gasteiger partial charge in [-0.1, -0.05) is 30.3 Å². The van der Waals surface area contributed by atoms with E-state index < -0.39 is 5.97 Å². The fourth-order valence-electron chi connectivity index (χ4n) is 1.86. The number of hydrogen-bond acceptors (Lipinski definition) is 5. The van der Waals surface area contributed by atoms with Crippen molar-refractivity contribution in [1.29, 1.82) is 0 Å². The topological polar surface area (TPSA) is 72.8 Å². The summed E-state index contributed by atoms with van der Waals surface area (Å²) in [6.07, 6.45) is 0.772. The predicted molar refractivity (Wildman–Crippen MR) is 79.8 cm³/mol. The summed E-state index contributed by atoms with van der Waals surface area (Å²) in [6, 6.07) is 11.8. The lowest BCUT2D eigenvalue weighted by Crippen LogP contribution is -2.05. The van der Waals surface area contributed by atoms with E-state index in [9.17, 15) is 14.7 Å². The van der Waals surface area contributed by atoms with Gasteiger partial charge in [0.15, 0.2) is 11.5 Å². The number of ether oxygens (including phenoxy) is 2. The third-order valence-corrected chi connectivity index (χ3v) is 2.95. The molecule has 0 saturated heterocycles. The van der Waals surface area contributed by atoms with Crippen LogP contribution < -0.4 is 9.47 Å². The Hall–Kier alpha value is -2.66. The van der Waals surface area contributed by atoms with Crippen molar-refractivity contribution in [3.63, 3.8) is 0 Å². The summed E-state index contributed by atoms with van der Waals surface area (Å²) in [5.41, 5.74) is 2.11. The molecule has 22 heavy (non-hydrogen) atoms. The third kappa shape index (κ3) is 4.17. The van der Waals surface area contributed by atoms with Crippen LogP contribution in [0.4, 0.5) is 0 Å². The van der Waals surface area contributed by atoms with Crippen molar-refractivity contribution in [2.75, 3.05) is 0 Å². The number of esters is 1. The minimum atomic E-state index is -0.447. The average Bonchev–Trinajstić information content (AvgIpc) is 2.54. The Morgan fingerprint density at radius 1 is 1.09 bits per heavy atom. The summed E-state index contributed by atoms with van der Waals surface area (Å²) in [7, 11) is 0. The van der Waals surface area contributed by atoms with Gasteiger partial charge in [0.1, 0.15) is 12.9 Å². The number of rotatable bonds is 6. The van der Waals surface area contributed by atoms with Crippen LogP contribution in [0.2, 0.25) is 0 Å². The average molecular weight is 300 g/mol. The number of carbonyl (C=O) groups is 2. The van der Waals surface area contributed by atoms with E-state index in [2.05, 4.69) is 0 Å². The molecular formula is C17H16O5. The van der Waals surface area contributed by atoms with Gasteiger partial charge in [-0.05, 0) is 23.3 Å². The van der Waals surface area contributed by atoms with E-state index >= 15 is 0 Å². The van der Waals surface area contributed by atoms with E-state index in [0.717, 1.165) is 11.8 Å². The second-order valence-corrected chi connectivity index (χ2v) is 4.68. The van der Waals surface area contributed by atoms with Gasteiger partial charge in [-0.3, -0.25) is 9.59 Å².